The summed E-state index contributed by atoms with van der Waals surface area (Å²) in [6.07, 6.45) is 5.42. The van der Waals surface area contributed by atoms with Crippen molar-refractivity contribution in [1.82, 2.24) is 15.1 Å². The van der Waals surface area contributed by atoms with Crippen molar-refractivity contribution < 1.29 is 9.13 Å². The summed E-state index contributed by atoms with van der Waals surface area (Å²) in [5.41, 5.74) is 7.35. The van der Waals surface area contributed by atoms with E-state index in [0.717, 1.165) is 44.3 Å². The van der Waals surface area contributed by atoms with Gasteiger partial charge >= 0.3 is 0 Å². The van der Waals surface area contributed by atoms with Gasteiger partial charge in [0.25, 0.3) is 5.88 Å². The van der Waals surface area contributed by atoms with Crippen molar-refractivity contribution in [3.05, 3.63) is 52.9 Å². The van der Waals surface area contributed by atoms with Crippen molar-refractivity contribution in [2.45, 2.75) is 49.8 Å². The van der Waals surface area contributed by atoms with Crippen molar-refractivity contribution in [3.8, 4) is 5.88 Å². The standard InChI is InChI=1S/C20H24ClFN4O/c21-17-7-8-24-25-20(17)27-19-11-14(13-3-5-15(22)6-4-13)10-18(19)26-9-1-2-16(23)12-26/h3-8,14,16,18-19H,1-2,9-12,23H2. The van der Waals surface area contributed by atoms with Crippen LogP contribution in [0.1, 0.15) is 37.2 Å². The van der Waals surface area contributed by atoms with Crippen molar-refractivity contribution >= 4 is 11.6 Å². The minimum Gasteiger partial charge on any atom is -0.471 e. The van der Waals surface area contributed by atoms with E-state index in [-0.39, 0.29) is 24.0 Å². The molecule has 1 saturated heterocycles. The monoisotopic (exact) mass is 390 g/mol. The fraction of sp³-hybridized carbons (Fsp3) is 0.500. The Morgan fingerprint density at radius 1 is 1.19 bits per heavy atom. The minimum atomic E-state index is -0.213. The lowest BCUT2D eigenvalue weighted by molar-refractivity contribution is 0.0651. The van der Waals surface area contributed by atoms with Crippen LogP contribution in [-0.4, -0.2) is 46.4 Å². The number of halogens is 2. The van der Waals surface area contributed by atoms with E-state index in [0.29, 0.717) is 16.8 Å². The molecular weight excluding hydrogens is 367 g/mol. The van der Waals surface area contributed by atoms with Crippen LogP contribution in [0.4, 0.5) is 4.39 Å². The van der Waals surface area contributed by atoms with Crippen LogP contribution in [0, 0.1) is 5.82 Å². The molecule has 0 bridgehead atoms. The summed E-state index contributed by atoms with van der Waals surface area (Å²) < 4.78 is 19.5. The summed E-state index contributed by atoms with van der Waals surface area (Å²) in [7, 11) is 0. The third kappa shape index (κ3) is 4.23. The second kappa shape index (κ2) is 8.09. The molecule has 1 saturated carbocycles. The van der Waals surface area contributed by atoms with Gasteiger partial charge in [0, 0.05) is 18.6 Å². The van der Waals surface area contributed by atoms with E-state index in [1.54, 1.807) is 12.3 Å². The van der Waals surface area contributed by atoms with Crippen LogP contribution in [-0.2, 0) is 0 Å². The van der Waals surface area contributed by atoms with E-state index < -0.39 is 0 Å². The highest BCUT2D eigenvalue weighted by molar-refractivity contribution is 6.31. The number of likely N-dealkylation sites (tertiary alicyclic amines) is 1. The minimum absolute atomic E-state index is 0.0560. The lowest BCUT2D eigenvalue weighted by Crippen LogP contribution is -2.51. The van der Waals surface area contributed by atoms with Gasteiger partial charge in [0.15, 0.2) is 0 Å². The van der Waals surface area contributed by atoms with Crippen LogP contribution in [0.3, 0.4) is 0 Å². The number of hydrogen-bond acceptors (Lipinski definition) is 5. The molecule has 2 heterocycles. The maximum atomic E-state index is 13.3. The Labute approximate surface area is 163 Å². The molecule has 2 aromatic rings. The van der Waals surface area contributed by atoms with Crippen LogP contribution in [0.25, 0.3) is 0 Å². The molecule has 0 spiro atoms. The number of rotatable bonds is 4. The van der Waals surface area contributed by atoms with Gasteiger partial charge in [-0.15, -0.1) is 5.10 Å². The molecule has 1 aliphatic carbocycles. The number of aromatic nitrogens is 2. The molecule has 4 unspecified atom stereocenters. The fourth-order valence-corrected chi connectivity index (χ4v) is 4.50. The lowest BCUT2D eigenvalue weighted by Gasteiger charge is -2.37. The molecule has 0 amide bonds. The summed E-state index contributed by atoms with van der Waals surface area (Å²) >= 11 is 6.23. The van der Waals surface area contributed by atoms with Crippen LogP contribution in [0.15, 0.2) is 36.5 Å². The number of benzene rings is 1. The molecule has 7 heteroatoms. The summed E-state index contributed by atoms with van der Waals surface area (Å²) in [6.45, 7) is 1.89. The van der Waals surface area contributed by atoms with Gasteiger partial charge in [-0.1, -0.05) is 23.7 Å². The predicted molar refractivity (Wildman–Crippen MR) is 102 cm³/mol. The summed E-state index contributed by atoms with van der Waals surface area (Å²) in [6, 6.07) is 8.90. The second-order valence-corrected chi connectivity index (χ2v) is 7.93. The quantitative estimate of drug-likeness (QED) is 0.866. The SMILES string of the molecule is NC1CCCN(C2CC(c3ccc(F)cc3)CC2Oc2nnccc2Cl)C1. The van der Waals surface area contributed by atoms with Crippen molar-refractivity contribution in [2.24, 2.45) is 5.73 Å². The van der Waals surface area contributed by atoms with E-state index in [4.69, 9.17) is 22.1 Å². The van der Waals surface area contributed by atoms with Gasteiger partial charge in [0.2, 0.25) is 0 Å². The molecule has 2 aliphatic rings. The highest BCUT2D eigenvalue weighted by atomic mass is 35.5. The molecular formula is C20H24ClFN4O. The lowest BCUT2D eigenvalue weighted by atomic mass is 9.97. The topological polar surface area (TPSA) is 64.3 Å². The Hall–Kier alpha value is -1.76. The molecule has 2 N–H and O–H groups in total. The molecule has 2 fully saturated rings. The smallest absolute Gasteiger partial charge is 0.252 e. The van der Waals surface area contributed by atoms with Gasteiger partial charge in [-0.2, -0.15) is 5.10 Å². The number of hydrogen-bond donors (Lipinski definition) is 1. The Morgan fingerprint density at radius 2 is 2.00 bits per heavy atom. The largest absolute Gasteiger partial charge is 0.471 e. The van der Waals surface area contributed by atoms with E-state index in [2.05, 4.69) is 15.1 Å². The molecule has 144 valence electrons. The number of nitrogens with zero attached hydrogens (tertiary/aromatic N) is 3. The summed E-state index contributed by atoms with van der Waals surface area (Å²) in [4.78, 5) is 2.44. The van der Waals surface area contributed by atoms with Gasteiger partial charge in [-0.25, -0.2) is 4.39 Å². The van der Waals surface area contributed by atoms with Crippen LogP contribution < -0.4 is 10.5 Å². The zero-order valence-electron chi connectivity index (χ0n) is 15.1. The number of nitrogens with two attached hydrogens (primary N) is 1. The maximum absolute atomic E-state index is 13.3. The Morgan fingerprint density at radius 3 is 2.74 bits per heavy atom. The highest BCUT2D eigenvalue weighted by Crippen LogP contribution is 2.40. The van der Waals surface area contributed by atoms with Gasteiger partial charge in [0.1, 0.15) is 16.9 Å². The van der Waals surface area contributed by atoms with Gasteiger partial charge in [-0.3, -0.25) is 4.90 Å². The maximum Gasteiger partial charge on any atom is 0.252 e. The molecule has 5 nitrogen and oxygen atoms in total. The van der Waals surface area contributed by atoms with Gasteiger partial charge < -0.3 is 10.5 Å². The van der Waals surface area contributed by atoms with Crippen LogP contribution in [0.2, 0.25) is 5.02 Å². The highest BCUT2D eigenvalue weighted by Gasteiger charge is 2.41. The van der Waals surface area contributed by atoms with E-state index >= 15 is 0 Å². The first-order chi connectivity index (χ1) is 13.1. The van der Waals surface area contributed by atoms with Crippen LogP contribution >= 0.6 is 11.6 Å². The summed E-state index contributed by atoms with van der Waals surface area (Å²) in [5.74, 6) is 0.457. The first kappa shape index (κ1) is 18.6. The average molecular weight is 391 g/mol. The van der Waals surface area contributed by atoms with Gasteiger partial charge in [-0.05, 0) is 61.9 Å². The first-order valence-electron chi connectivity index (χ1n) is 9.49. The molecule has 1 aliphatic heterocycles. The molecule has 1 aromatic carbocycles. The molecule has 4 rings (SSSR count). The molecule has 1 aromatic heterocycles. The normalized spacial score (nSPS) is 29.0. The Bertz CT molecular complexity index is 775. The van der Waals surface area contributed by atoms with Crippen LogP contribution in [0.5, 0.6) is 5.88 Å². The van der Waals surface area contributed by atoms with E-state index in [1.165, 1.54) is 12.1 Å². The van der Waals surface area contributed by atoms with Gasteiger partial charge in [0.05, 0.1) is 6.20 Å². The second-order valence-electron chi connectivity index (χ2n) is 7.53. The van der Waals surface area contributed by atoms with Crippen molar-refractivity contribution in [1.29, 1.82) is 0 Å². The zero-order valence-corrected chi connectivity index (χ0v) is 15.9. The molecule has 0 radical (unpaired) electrons. The molecule has 27 heavy (non-hydrogen) atoms. The zero-order chi connectivity index (χ0) is 18.8. The molecule has 4 atom stereocenters. The van der Waals surface area contributed by atoms with Crippen molar-refractivity contribution in [2.75, 3.05) is 13.1 Å². The predicted octanol–water partition coefficient (Wildman–Crippen LogP) is 3.39. The summed E-state index contributed by atoms with van der Waals surface area (Å²) in [5, 5.41) is 8.40. The van der Waals surface area contributed by atoms with Crippen molar-refractivity contribution in [3.63, 3.8) is 0 Å². The Kier molecular flexibility index (Phi) is 5.57. The fourth-order valence-electron chi connectivity index (χ4n) is 4.36. The number of ether oxygens (including phenoxy) is 1. The first-order valence-corrected chi connectivity index (χ1v) is 9.87. The van der Waals surface area contributed by atoms with E-state index in [1.807, 2.05) is 12.1 Å². The third-order valence-electron chi connectivity index (χ3n) is 5.68. The van der Waals surface area contributed by atoms with E-state index in [9.17, 15) is 4.39 Å². The number of piperidine rings is 1. The Balaban J connectivity index is 1.56. The third-order valence-corrected chi connectivity index (χ3v) is 5.96. The average Bonchev–Trinajstić information content (AvgIpc) is 3.08.